The minimum absolute atomic E-state index is 0.0742. The van der Waals surface area contributed by atoms with Gasteiger partial charge in [-0.05, 0) is 55.0 Å². The Hall–Kier alpha value is -3.68. The van der Waals surface area contributed by atoms with Crippen LogP contribution in [0.5, 0.6) is 11.5 Å². The average molecular weight is 399 g/mol. The van der Waals surface area contributed by atoms with Gasteiger partial charge in [0, 0.05) is 23.7 Å². The van der Waals surface area contributed by atoms with E-state index in [1.807, 2.05) is 31.2 Å². The molecule has 0 atom stereocenters. The number of anilines is 1. The minimum Gasteiger partial charge on any atom is -0.493 e. The van der Waals surface area contributed by atoms with Crippen molar-refractivity contribution in [3.05, 3.63) is 72.1 Å². The number of nitrogens with one attached hydrogen (secondary N) is 1. The van der Waals surface area contributed by atoms with Crippen molar-refractivity contribution in [2.75, 3.05) is 12.4 Å². The minimum atomic E-state index is -2.95. The molecule has 0 bridgehead atoms. The summed E-state index contributed by atoms with van der Waals surface area (Å²) in [4.78, 5) is 12.2. The highest BCUT2D eigenvalue weighted by atomic mass is 19.3. The van der Waals surface area contributed by atoms with Crippen molar-refractivity contribution in [1.82, 2.24) is 9.78 Å². The molecule has 1 N–H and O–H groups in total. The molecule has 0 aliphatic carbocycles. The molecule has 0 saturated carbocycles. The number of ether oxygens (including phenoxy) is 2. The van der Waals surface area contributed by atoms with Gasteiger partial charge >= 0.3 is 6.61 Å². The molecule has 3 rings (SSSR count). The summed E-state index contributed by atoms with van der Waals surface area (Å²) in [7, 11) is 1.35. The van der Waals surface area contributed by atoms with E-state index in [0.29, 0.717) is 11.3 Å². The molecule has 8 heteroatoms. The van der Waals surface area contributed by atoms with Crippen molar-refractivity contribution in [3.63, 3.8) is 0 Å². The maximum Gasteiger partial charge on any atom is 0.387 e. The molecule has 150 valence electrons. The number of halogens is 2. The summed E-state index contributed by atoms with van der Waals surface area (Å²) in [5, 5.41) is 7.02. The van der Waals surface area contributed by atoms with Gasteiger partial charge < -0.3 is 14.8 Å². The fourth-order valence-electron chi connectivity index (χ4n) is 2.69. The zero-order chi connectivity index (χ0) is 20.8. The first-order valence-corrected chi connectivity index (χ1v) is 8.69. The first kappa shape index (κ1) is 20.1. The highest BCUT2D eigenvalue weighted by molar-refractivity contribution is 6.02. The third-order valence-electron chi connectivity index (χ3n) is 4.02. The molecular weight excluding hydrogens is 380 g/mol. The third-order valence-corrected chi connectivity index (χ3v) is 4.02. The Labute approximate surface area is 166 Å². The Kier molecular flexibility index (Phi) is 6.23. The molecule has 1 aromatic heterocycles. The van der Waals surface area contributed by atoms with E-state index in [4.69, 9.17) is 4.74 Å². The molecule has 0 fully saturated rings. The molecule has 0 radical (unpaired) electrons. The molecule has 0 aliphatic rings. The molecule has 6 nitrogen and oxygen atoms in total. The van der Waals surface area contributed by atoms with Crippen LogP contribution in [0.3, 0.4) is 0 Å². The summed E-state index contributed by atoms with van der Waals surface area (Å²) in [6.45, 7) is -1.01. The summed E-state index contributed by atoms with van der Waals surface area (Å²) >= 11 is 0. The summed E-state index contributed by atoms with van der Waals surface area (Å²) < 4.78 is 36.0. The molecule has 1 amide bonds. The van der Waals surface area contributed by atoms with Crippen LogP contribution in [0, 0.1) is 6.92 Å². The summed E-state index contributed by atoms with van der Waals surface area (Å²) in [5.74, 6) is -0.267. The molecule has 3 aromatic rings. The number of hydrogen-bond donors (Lipinski definition) is 1. The third kappa shape index (κ3) is 5.19. The predicted octanol–water partition coefficient (Wildman–Crippen LogP) is 4.44. The number of aryl methyl sites for hydroxylation is 1. The average Bonchev–Trinajstić information content (AvgIpc) is 3.13. The first-order valence-electron chi connectivity index (χ1n) is 8.69. The Balaban J connectivity index is 1.69. The van der Waals surface area contributed by atoms with Crippen LogP contribution in [-0.4, -0.2) is 29.4 Å². The molecule has 0 spiro atoms. The van der Waals surface area contributed by atoms with Crippen LogP contribution in [0.25, 0.3) is 11.8 Å². The summed E-state index contributed by atoms with van der Waals surface area (Å²) in [6.07, 6.45) is 4.59. The number of hydrogen-bond acceptors (Lipinski definition) is 4. The standard InChI is InChI=1S/C21H19F2N3O3/c1-14-10-11-24-26(14)17-5-3-4-16(13-17)25-20(27)9-7-15-6-8-18(29-21(22)23)19(12-15)28-2/h3-13,21H,1-2H3,(H,25,27)/b9-7+. The molecule has 2 aromatic carbocycles. The van der Waals surface area contributed by atoms with Gasteiger partial charge in [-0.3, -0.25) is 4.79 Å². The van der Waals surface area contributed by atoms with Gasteiger partial charge in [0.2, 0.25) is 5.91 Å². The van der Waals surface area contributed by atoms with E-state index >= 15 is 0 Å². The maximum atomic E-state index is 12.4. The van der Waals surface area contributed by atoms with Crippen LogP contribution in [0.15, 0.2) is 60.8 Å². The van der Waals surface area contributed by atoms with Gasteiger partial charge in [-0.25, -0.2) is 4.68 Å². The highest BCUT2D eigenvalue weighted by Crippen LogP contribution is 2.29. The molecule has 29 heavy (non-hydrogen) atoms. The van der Waals surface area contributed by atoms with Crippen LogP contribution in [-0.2, 0) is 4.79 Å². The number of methoxy groups -OCH3 is 1. The van der Waals surface area contributed by atoms with Gasteiger partial charge in [0.25, 0.3) is 0 Å². The van der Waals surface area contributed by atoms with Crippen LogP contribution < -0.4 is 14.8 Å². The Morgan fingerprint density at radius 3 is 2.69 bits per heavy atom. The number of aromatic nitrogens is 2. The lowest BCUT2D eigenvalue weighted by Crippen LogP contribution is -2.08. The Bertz CT molecular complexity index is 1030. The molecular formula is C21H19F2N3O3. The van der Waals surface area contributed by atoms with E-state index in [1.165, 1.54) is 25.3 Å². The zero-order valence-electron chi connectivity index (χ0n) is 15.8. The van der Waals surface area contributed by atoms with Gasteiger partial charge in [-0.2, -0.15) is 13.9 Å². The second-order valence-corrected chi connectivity index (χ2v) is 6.05. The lowest BCUT2D eigenvalue weighted by atomic mass is 10.2. The zero-order valence-corrected chi connectivity index (χ0v) is 15.8. The van der Waals surface area contributed by atoms with Crippen molar-refractivity contribution < 1.29 is 23.0 Å². The number of nitrogens with zero attached hydrogens (tertiary/aromatic N) is 2. The quantitative estimate of drug-likeness (QED) is 0.597. The first-order chi connectivity index (χ1) is 14.0. The van der Waals surface area contributed by atoms with Crippen molar-refractivity contribution in [2.45, 2.75) is 13.5 Å². The summed E-state index contributed by atoms with van der Waals surface area (Å²) in [5.41, 5.74) is 3.01. The number of carbonyl (C=O) groups excluding carboxylic acids is 1. The lowest BCUT2D eigenvalue weighted by molar-refractivity contribution is -0.111. The summed E-state index contributed by atoms with van der Waals surface area (Å²) in [6, 6.07) is 13.6. The normalized spacial score (nSPS) is 11.1. The van der Waals surface area contributed by atoms with E-state index in [-0.39, 0.29) is 17.4 Å². The van der Waals surface area contributed by atoms with E-state index in [9.17, 15) is 13.6 Å². The Morgan fingerprint density at radius 1 is 1.17 bits per heavy atom. The van der Waals surface area contributed by atoms with E-state index < -0.39 is 6.61 Å². The van der Waals surface area contributed by atoms with E-state index in [2.05, 4.69) is 15.2 Å². The topological polar surface area (TPSA) is 65.4 Å². The smallest absolute Gasteiger partial charge is 0.387 e. The van der Waals surface area contributed by atoms with Crippen molar-refractivity contribution in [2.24, 2.45) is 0 Å². The van der Waals surface area contributed by atoms with Gasteiger partial charge in [-0.15, -0.1) is 0 Å². The van der Waals surface area contributed by atoms with Crippen LogP contribution >= 0.6 is 0 Å². The van der Waals surface area contributed by atoms with Crippen molar-refractivity contribution >= 4 is 17.7 Å². The van der Waals surface area contributed by atoms with Crippen molar-refractivity contribution in [3.8, 4) is 17.2 Å². The van der Waals surface area contributed by atoms with Gasteiger partial charge in [0.15, 0.2) is 11.5 Å². The number of alkyl halides is 2. The van der Waals surface area contributed by atoms with Gasteiger partial charge in [0.05, 0.1) is 12.8 Å². The largest absolute Gasteiger partial charge is 0.493 e. The van der Waals surface area contributed by atoms with Gasteiger partial charge in [-0.1, -0.05) is 12.1 Å². The lowest BCUT2D eigenvalue weighted by Gasteiger charge is -2.10. The monoisotopic (exact) mass is 399 g/mol. The maximum absolute atomic E-state index is 12.4. The number of rotatable bonds is 7. The van der Waals surface area contributed by atoms with Crippen LogP contribution in [0.1, 0.15) is 11.3 Å². The SMILES string of the molecule is COc1cc(/C=C/C(=O)Nc2cccc(-n3nccc3C)c2)ccc1OC(F)F. The number of amides is 1. The molecule has 0 saturated heterocycles. The van der Waals surface area contributed by atoms with Crippen LogP contribution in [0.4, 0.5) is 14.5 Å². The molecule has 0 aliphatic heterocycles. The van der Waals surface area contributed by atoms with E-state index in [0.717, 1.165) is 11.4 Å². The van der Waals surface area contributed by atoms with E-state index in [1.54, 1.807) is 29.1 Å². The highest BCUT2D eigenvalue weighted by Gasteiger charge is 2.10. The Morgan fingerprint density at radius 2 is 2.00 bits per heavy atom. The van der Waals surface area contributed by atoms with Crippen molar-refractivity contribution in [1.29, 1.82) is 0 Å². The molecule has 0 unspecified atom stereocenters. The number of carbonyl (C=O) groups is 1. The molecule has 1 heterocycles. The van der Waals surface area contributed by atoms with Crippen LogP contribution in [0.2, 0.25) is 0 Å². The van der Waals surface area contributed by atoms with Gasteiger partial charge in [0.1, 0.15) is 0 Å². The second kappa shape index (κ2) is 9.01. The fourth-order valence-corrected chi connectivity index (χ4v) is 2.69. The predicted molar refractivity (Wildman–Crippen MR) is 106 cm³/mol. The fraction of sp³-hybridized carbons (Fsp3) is 0.143. The number of benzene rings is 2. The second-order valence-electron chi connectivity index (χ2n) is 6.05.